The number of hydrogen-bond acceptors (Lipinski definition) is 2. The van der Waals surface area contributed by atoms with Gasteiger partial charge >= 0.3 is 0 Å². The van der Waals surface area contributed by atoms with Gasteiger partial charge in [0.2, 0.25) is 0 Å². The molecule has 2 heteroatoms. The average Bonchev–Trinajstić information content (AvgIpc) is 2.46. The van der Waals surface area contributed by atoms with Crippen molar-refractivity contribution in [2.45, 2.75) is 52.1 Å². The minimum absolute atomic E-state index is 0.706. The molecule has 1 aromatic carbocycles. The van der Waals surface area contributed by atoms with E-state index >= 15 is 0 Å². The third kappa shape index (κ3) is 4.24. The van der Waals surface area contributed by atoms with Gasteiger partial charge in [-0.1, -0.05) is 26.0 Å². The van der Waals surface area contributed by atoms with Gasteiger partial charge in [-0.2, -0.15) is 0 Å². The topological polar surface area (TPSA) is 21.3 Å². The van der Waals surface area contributed by atoms with Gasteiger partial charge in [0.1, 0.15) is 5.75 Å². The molecule has 0 spiro atoms. The summed E-state index contributed by atoms with van der Waals surface area (Å²) in [5.74, 6) is 2.72. The van der Waals surface area contributed by atoms with E-state index in [-0.39, 0.29) is 0 Å². The summed E-state index contributed by atoms with van der Waals surface area (Å²) in [4.78, 5) is 0. The molecule has 2 nitrogen and oxygen atoms in total. The van der Waals surface area contributed by atoms with E-state index in [2.05, 4.69) is 31.3 Å². The molecule has 0 amide bonds. The molecule has 2 rings (SSSR count). The maximum atomic E-state index is 5.18. The second-order valence-electron chi connectivity index (χ2n) is 6.08. The van der Waals surface area contributed by atoms with Crippen LogP contribution in [0.5, 0.6) is 5.75 Å². The second kappa shape index (κ2) is 6.95. The quantitative estimate of drug-likeness (QED) is 0.865. The van der Waals surface area contributed by atoms with Crippen molar-refractivity contribution < 1.29 is 4.74 Å². The molecule has 1 saturated carbocycles. The summed E-state index contributed by atoms with van der Waals surface area (Å²) in [5, 5.41) is 3.69. The van der Waals surface area contributed by atoms with Crippen LogP contribution in [0.25, 0.3) is 0 Å². The summed E-state index contributed by atoms with van der Waals surface area (Å²) in [7, 11) is 1.71. The lowest BCUT2D eigenvalue weighted by Gasteiger charge is -2.31. The van der Waals surface area contributed by atoms with Crippen molar-refractivity contribution in [1.29, 1.82) is 0 Å². The van der Waals surface area contributed by atoms with Crippen LogP contribution in [0.3, 0.4) is 0 Å². The average molecular weight is 261 g/mol. The summed E-state index contributed by atoms with van der Waals surface area (Å²) in [6, 6.07) is 9.06. The molecule has 0 heterocycles. The smallest absolute Gasteiger partial charge is 0.118 e. The maximum Gasteiger partial charge on any atom is 0.118 e. The predicted molar refractivity (Wildman–Crippen MR) is 80.4 cm³/mol. The van der Waals surface area contributed by atoms with Crippen molar-refractivity contribution in [3.8, 4) is 5.75 Å². The van der Waals surface area contributed by atoms with E-state index in [1.54, 1.807) is 7.11 Å². The molecule has 0 aliphatic heterocycles. The van der Waals surface area contributed by atoms with Crippen molar-refractivity contribution in [3.05, 3.63) is 29.8 Å². The second-order valence-corrected chi connectivity index (χ2v) is 6.08. The number of rotatable bonds is 5. The van der Waals surface area contributed by atoms with Crippen LogP contribution in [0, 0.1) is 11.8 Å². The molecule has 106 valence electrons. The molecule has 0 aromatic heterocycles. The van der Waals surface area contributed by atoms with Gasteiger partial charge in [0.25, 0.3) is 0 Å². The number of hydrogen-bond donors (Lipinski definition) is 1. The highest BCUT2D eigenvalue weighted by Crippen LogP contribution is 2.29. The SMILES string of the molecule is COc1ccc(CNC2CCC(C(C)C)CC2)cc1. The lowest BCUT2D eigenvalue weighted by molar-refractivity contribution is 0.238. The van der Waals surface area contributed by atoms with Crippen LogP contribution >= 0.6 is 0 Å². The van der Waals surface area contributed by atoms with Crippen LogP contribution in [0.1, 0.15) is 45.1 Å². The molecule has 19 heavy (non-hydrogen) atoms. The largest absolute Gasteiger partial charge is 0.497 e. The van der Waals surface area contributed by atoms with Crippen LogP contribution in [-0.4, -0.2) is 13.2 Å². The predicted octanol–water partition coefficient (Wildman–Crippen LogP) is 4.00. The van der Waals surface area contributed by atoms with E-state index in [1.807, 2.05) is 12.1 Å². The van der Waals surface area contributed by atoms with Crippen molar-refractivity contribution in [2.75, 3.05) is 7.11 Å². The van der Waals surface area contributed by atoms with E-state index < -0.39 is 0 Å². The third-order valence-corrected chi connectivity index (χ3v) is 4.47. The van der Waals surface area contributed by atoms with E-state index in [4.69, 9.17) is 4.74 Å². The summed E-state index contributed by atoms with van der Waals surface area (Å²) in [5.41, 5.74) is 1.34. The minimum atomic E-state index is 0.706. The van der Waals surface area contributed by atoms with E-state index in [0.29, 0.717) is 6.04 Å². The van der Waals surface area contributed by atoms with Crippen LogP contribution in [-0.2, 0) is 6.54 Å². The third-order valence-electron chi connectivity index (χ3n) is 4.47. The molecule has 0 radical (unpaired) electrons. The van der Waals surface area contributed by atoms with Gasteiger partial charge in [-0.25, -0.2) is 0 Å². The number of benzene rings is 1. The normalized spacial score (nSPS) is 23.6. The molecule has 1 fully saturated rings. The molecule has 0 bridgehead atoms. The van der Waals surface area contributed by atoms with Gasteiger partial charge in [-0.15, -0.1) is 0 Å². The standard InChI is InChI=1S/C17H27NO/c1-13(2)15-6-8-16(9-7-15)18-12-14-4-10-17(19-3)11-5-14/h4-5,10-11,13,15-16,18H,6-9,12H2,1-3H3. The Bertz CT molecular complexity index is 363. The maximum absolute atomic E-state index is 5.18. The van der Waals surface area contributed by atoms with Gasteiger partial charge < -0.3 is 10.1 Å². The highest BCUT2D eigenvalue weighted by Gasteiger charge is 2.22. The number of nitrogens with one attached hydrogen (secondary N) is 1. The Morgan fingerprint density at radius 2 is 1.74 bits per heavy atom. The Morgan fingerprint density at radius 3 is 2.26 bits per heavy atom. The molecule has 1 aliphatic rings. The van der Waals surface area contributed by atoms with Gasteiger partial charge in [0.05, 0.1) is 7.11 Å². The molecule has 0 saturated heterocycles. The Hall–Kier alpha value is -1.02. The fraction of sp³-hybridized carbons (Fsp3) is 0.647. The summed E-state index contributed by atoms with van der Waals surface area (Å²) >= 11 is 0. The van der Waals surface area contributed by atoms with Crippen LogP contribution < -0.4 is 10.1 Å². The Kier molecular flexibility index (Phi) is 5.26. The van der Waals surface area contributed by atoms with Gasteiger partial charge in [-0.3, -0.25) is 0 Å². The van der Waals surface area contributed by atoms with E-state index in [1.165, 1.54) is 31.2 Å². The van der Waals surface area contributed by atoms with Crippen molar-refractivity contribution in [2.24, 2.45) is 11.8 Å². The van der Waals surface area contributed by atoms with Crippen molar-refractivity contribution in [3.63, 3.8) is 0 Å². The fourth-order valence-electron chi connectivity index (χ4n) is 3.00. The number of methoxy groups -OCH3 is 1. The molecule has 1 N–H and O–H groups in total. The highest BCUT2D eigenvalue weighted by atomic mass is 16.5. The zero-order chi connectivity index (χ0) is 13.7. The lowest BCUT2D eigenvalue weighted by atomic mass is 9.80. The molecule has 0 atom stereocenters. The first-order valence-electron chi connectivity index (χ1n) is 7.55. The fourth-order valence-corrected chi connectivity index (χ4v) is 3.00. The first kappa shape index (κ1) is 14.4. The molecule has 1 aliphatic carbocycles. The van der Waals surface area contributed by atoms with E-state index in [0.717, 1.165) is 24.1 Å². The van der Waals surface area contributed by atoms with Crippen LogP contribution in [0.4, 0.5) is 0 Å². The van der Waals surface area contributed by atoms with Crippen molar-refractivity contribution >= 4 is 0 Å². The number of ether oxygens (including phenoxy) is 1. The van der Waals surface area contributed by atoms with E-state index in [9.17, 15) is 0 Å². The monoisotopic (exact) mass is 261 g/mol. The molecule has 1 aromatic rings. The Morgan fingerprint density at radius 1 is 1.11 bits per heavy atom. The van der Waals surface area contributed by atoms with Crippen LogP contribution in [0.15, 0.2) is 24.3 Å². The first-order chi connectivity index (χ1) is 9.19. The van der Waals surface area contributed by atoms with Gasteiger partial charge in [0, 0.05) is 12.6 Å². The minimum Gasteiger partial charge on any atom is -0.497 e. The molecular formula is C17H27NO. The van der Waals surface area contributed by atoms with Gasteiger partial charge in [0.15, 0.2) is 0 Å². The highest BCUT2D eigenvalue weighted by molar-refractivity contribution is 5.27. The van der Waals surface area contributed by atoms with Crippen LogP contribution in [0.2, 0.25) is 0 Å². The first-order valence-corrected chi connectivity index (χ1v) is 7.55. The Labute approximate surface area is 117 Å². The zero-order valence-corrected chi connectivity index (χ0v) is 12.5. The Balaban J connectivity index is 1.74. The molecule has 0 unspecified atom stereocenters. The lowest BCUT2D eigenvalue weighted by Crippen LogP contribution is -2.33. The van der Waals surface area contributed by atoms with Gasteiger partial charge in [-0.05, 0) is 55.2 Å². The molecular weight excluding hydrogens is 234 g/mol. The summed E-state index contributed by atoms with van der Waals surface area (Å²) in [6.45, 7) is 5.69. The summed E-state index contributed by atoms with van der Waals surface area (Å²) < 4.78 is 5.18. The summed E-state index contributed by atoms with van der Waals surface area (Å²) in [6.07, 6.45) is 5.44. The van der Waals surface area contributed by atoms with Crippen molar-refractivity contribution in [1.82, 2.24) is 5.32 Å². The zero-order valence-electron chi connectivity index (χ0n) is 12.5.